The zero-order valence-electron chi connectivity index (χ0n) is 11.0. The number of carbonyl (C=O) groups excluding carboxylic acids is 1. The number of hydrogen-bond donors (Lipinski definition) is 1. The largest absolute Gasteiger partial charge is 0.341 e. The Labute approximate surface area is 107 Å². The van der Waals surface area contributed by atoms with Crippen molar-refractivity contribution in [2.75, 3.05) is 13.6 Å². The maximum absolute atomic E-state index is 11.8. The van der Waals surface area contributed by atoms with E-state index in [1.807, 2.05) is 20.2 Å². The standard InChI is InChI=1S/C12H21N3OS/c1-9(2)13-6-5-12(16)15(4)8-11-7-14-10(3)17-11/h7,9,13H,5-6,8H2,1-4H3. The minimum absolute atomic E-state index is 0.171. The van der Waals surface area contributed by atoms with Gasteiger partial charge in [-0.05, 0) is 6.92 Å². The van der Waals surface area contributed by atoms with Gasteiger partial charge in [0.05, 0.1) is 11.6 Å². The number of nitrogens with one attached hydrogen (secondary N) is 1. The van der Waals surface area contributed by atoms with E-state index in [9.17, 15) is 4.79 Å². The summed E-state index contributed by atoms with van der Waals surface area (Å²) in [6.45, 7) is 7.53. The lowest BCUT2D eigenvalue weighted by Crippen LogP contribution is -2.31. The number of nitrogens with zero attached hydrogens (tertiary/aromatic N) is 2. The molecule has 0 atom stereocenters. The zero-order valence-corrected chi connectivity index (χ0v) is 11.8. The van der Waals surface area contributed by atoms with E-state index >= 15 is 0 Å². The molecule has 0 fully saturated rings. The number of hydrogen-bond acceptors (Lipinski definition) is 4. The van der Waals surface area contributed by atoms with Gasteiger partial charge >= 0.3 is 0 Å². The van der Waals surface area contributed by atoms with Crippen LogP contribution in [-0.2, 0) is 11.3 Å². The van der Waals surface area contributed by atoms with Gasteiger partial charge in [0.25, 0.3) is 0 Å². The van der Waals surface area contributed by atoms with Gasteiger partial charge in [0.15, 0.2) is 0 Å². The fourth-order valence-corrected chi connectivity index (χ4v) is 2.31. The van der Waals surface area contributed by atoms with E-state index in [0.29, 0.717) is 19.0 Å². The van der Waals surface area contributed by atoms with Crippen LogP contribution in [0.1, 0.15) is 30.2 Å². The number of carbonyl (C=O) groups is 1. The summed E-state index contributed by atoms with van der Waals surface area (Å²) < 4.78 is 0. The van der Waals surface area contributed by atoms with Crippen LogP contribution >= 0.6 is 11.3 Å². The molecule has 0 spiro atoms. The van der Waals surface area contributed by atoms with Gasteiger partial charge in [-0.15, -0.1) is 11.3 Å². The molecule has 1 heterocycles. The van der Waals surface area contributed by atoms with Gasteiger partial charge in [-0.2, -0.15) is 0 Å². The van der Waals surface area contributed by atoms with Crippen LogP contribution < -0.4 is 5.32 Å². The summed E-state index contributed by atoms with van der Waals surface area (Å²) in [4.78, 5) is 18.9. The number of thiazole rings is 1. The highest BCUT2D eigenvalue weighted by Crippen LogP contribution is 2.13. The molecule has 1 aromatic heterocycles. The molecule has 0 aromatic carbocycles. The SMILES string of the molecule is Cc1ncc(CN(C)C(=O)CCNC(C)C)s1. The van der Waals surface area contributed by atoms with Crippen LogP contribution in [0.15, 0.2) is 6.20 Å². The van der Waals surface area contributed by atoms with E-state index in [1.165, 1.54) is 0 Å². The molecule has 0 saturated heterocycles. The summed E-state index contributed by atoms with van der Waals surface area (Å²) in [6.07, 6.45) is 2.39. The van der Waals surface area contributed by atoms with Crippen LogP contribution in [0.4, 0.5) is 0 Å². The summed E-state index contributed by atoms with van der Waals surface area (Å²) in [7, 11) is 1.84. The molecule has 1 aromatic rings. The van der Waals surface area contributed by atoms with Gasteiger partial charge in [0.2, 0.25) is 5.91 Å². The molecule has 5 heteroatoms. The number of amides is 1. The van der Waals surface area contributed by atoms with Crippen molar-refractivity contribution >= 4 is 17.2 Å². The molecule has 0 aliphatic heterocycles. The van der Waals surface area contributed by atoms with Crippen LogP contribution in [0, 0.1) is 6.92 Å². The lowest BCUT2D eigenvalue weighted by atomic mass is 10.3. The average Bonchev–Trinajstić information content (AvgIpc) is 2.63. The monoisotopic (exact) mass is 255 g/mol. The Hall–Kier alpha value is -0.940. The molecule has 0 saturated carbocycles. The van der Waals surface area contributed by atoms with Crippen molar-refractivity contribution in [3.05, 3.63) is 16.1 Å². The molecule has 4 nitrogen and oxygen atoms in total. The Bertz CT molecular complexity index is 362. The molecule has 0 aliphatic rings. The second-order valence-corrected chi connectivity index (χ2v) is 5.77. The lowest BCUT2D eigenvalue weighted by Gasteiger charge is -2.16. The smallest absolute Gasteiger partial charge is 0.223 e. The van der Waals surface area contributed by atoms with Gasteiger partial charge < -0.3 is 10.2 Å². The molecule has 17 heavy (non-hydrogen) atoms. The molecule has 1 N–H and O–H groups in total. The fraction of sp³-hybridized carbons (Fsp3) is 0.667. The van der Waals surface area contributed by atoms with E-state index < -0.39 is 0 Å². The Morgan fingerprint density at radius 1 is 1.59 bits per heavy atom. The summed E-state index contributed by atoms with van der Waals surface area (Å²) in [5.41, 5.74) is 0. The second kappa shape index (κ2) is 6.71. The van der Waals surface area contributed by atoms with Crippen molar-refractivity contribution < 1.29 is 4.79 Å². The summed E-state index contributed by atoms with van der Waals surface area (Å²) in [5.74, 6) is 0.171. The molecule has 96 valence electrons. The molecule has 0 bridgehead atoms. The third-order valence-electron chi connectivity index (χ3n) is 2.38. The third-order valence-corrected chi connectivity index (χ3v) is 3.28. The minimum atomic E-state index is 0.171. The maximum atomic E-state index is 11.8. The van der Waals surface area contributed by atoms with E-state index in [0.717, 1.165) is 16.4 Å². The van der Waals surface area contributed by atoms with Gasteiger partial charge in [0.1, 0.15) is 0 Å². The molecule has 1 amide bonds. The van der Waals surface area contributed by atoms with Crippen molar-refractivity contribution in [1.29, 1.82) is 0 Å². The number of aromatic nitrogens is 1. The Morgan fingerprint density at radius 3 is 2.82 bits per heavy atom. The first-order valence-electron chi connectivity index (χ1n) is 5.87. The molecular weight excluding hydrogens is 234 g/mol. The third kappa shape index (κ3) is 5.28. The van der Waals surface area contributed by atoms with Crippen molar-refractivity contribution in [2.24, 2.45) is 0 Å². The van der Waals surface area contributed by atoms with Crippen molar-refractivity contribution in [2.45, 2.75) is 39.8 Å². The topological polar surface area (TPSA) is 45.2 Å². The first-order valence-corrected chi connectivity index (χ1v) is 6.69. The number of rotatable bonds is 6. The summed E-state index contributed by atoms with van der Waals surface area (Å²) in [5, 5.41) is 4.29. The molecule has 0 radical (unpaired) electrons. The highest BCUT2D eigenvalue weighted by molar-refractivity contribution is 7.11. The van der Waals surface area contributed by atoms with Gasteiger partial charge in [0, 0.05) is 37.1 Å². The van der Waals surface area contributed by atoms with Gasteiger partial charge in [-0.3, -0.25) is 4.79 Å². The molecule has 0 unspecified atom stereocenters. The van der Waals surface area contributed by atoms with Crippen molar-refractivity contribution in [3.63, 3.8) is 0 Å². The Kier molecular flexibility index (Phi) is 5.58. The van der Waals surface area contributed by atoms with E-state index in [1.54, 1.807) is 16.2 Å². The van der Waals surface area contributed by atoms with Crippen molar-refractivity contribution in [1.82, 2.24) is 15.2 Å². The highest BCUT2D eigenvalue weighted by atomic mass is 32.1. The quantitative estimate of drug-likeness (QED) is 0.843. The van der Waals surface area contributed by atoms with Crippen LogP contribution in [-0.4, -0.2) is 35.4 Å². The second-order valence-electron chi connectivity index (χ2n) is 4.45. The van der Waals surface area contributed by atoms with Crippen LogP contribution in [0.5, 0.6) is 0 Å². The Morgan fingerprint density at radius 2 is 2.29 bits per heavy atom. The van der Waals surface area contributed by atoms with Gasteiger partial charge in [-0.1, -0.05) is 13.8 Å². The van der Waals surface area contributed by atoms with Crippen LogP contribution in [0.3, 0.4) is 0 Å². The maximum Gasteiger partial charge on any atom is 0.223 e. The van der Waals surface area contributed by atoms with E-state index in [-0.39, 0.29) is 5.91 Å². The predicted octanol–water partition coefficient (Wildman–Crippen LogP) is 1.80. The van der Waals surface area contributed by atoms with Crippen LogP contribution in [0.25, 0.3) is 0 Å². The minimum Gasteiger partial charge on any atom is -0.341 e. The first-order chi connectivity index (χ1) is 7.99. The predicted molar refractivity (Wildman–Crippen MR) is 71.1 cm³/mol. The number of aryl methyl sites for hydroxylation is 1. The fourth-order valence-electron chi connectivity index (χ4n) is 1.46. The molecule has 1 rings (SSSR count). The molecular formula is C12H21N3OS. The zero-order chi connectivity index (χ0) is 12.8. The molecule has 0 aliphatic carbocycles. The summed E-state index contributed by atoms with van der Waals surface area (Å²) in [6, 6.07) is 0.428. The van der Waals surface area contributed by atoms with E-state index in [4.69, 9.17) is 0 Å². The normalized spacial score (nSPS) is 10.9. The van der Waals surface area contributed by atoms with Crippen molar-refractivity contribution in [3.8, 4) is 0 Å². The Balaban J connectivity index is 2.31. The highest BCUT2D eigenvalue weighted by Gasteiger charge is 2.10. The van der Waals surface area contributed by atoms with Gasteiger partial charge in [-0.25, -0.2) is 4.98 Å². The van der Waals surface area contributed by atoms with Crippen LogP contribution in [0.2, 0.25) is 0 Å². The lowest BCUT2D eigenvalue weighted by molar-refractivity contribution is -0.130. The van der Waals surface area contributed by atoms with E-state index in [2.05, 4.69) is 24.1 Å². The average molecular weight is 255 g/mol. The first kappa shape index (κ1) is 14.1. The summed E-state index contributed by atoms with van der Waals surface area (Å²) >= 11 is 1.64.